The molecule has 10 rings (SSSR count). The SMILES string of the molecule is c1ccc(-c2cccc(-c3nc(-c4cccc5c4ccc4c6ccccc6oc54)nc(-n4c5ccccc5c5ccccc54)n3)c2)cc1. The zero-order valence-corrected chi connectivity index (χ0v) is 25.7. The molecule has 0 bridgehead atoms. The van der Waals surface area contributed by atoms with Crippen LogP contribution in [-0.2, 0) is 0 Å². The van der Waals surface area contributed by atoms with Gasteiger partial charge in [-0.05, 0) is 46.8 Å². The van der Waals surface area contributed by atoms with Crippen molar-refractivity contribution in [2.75, 3.05) is 0 Å². The molecule has 7 aromatic carbocycles. The van der Waals surface area contributed by atoms with Crippen molar-refractivity contribution < 1.29 is 4.42 Å². The van der Waals surface area contributed by atoms with E-state index in [0.29, 0.717) is 17.6 Å². The maximum Gasteiger partial charge on any atom is 0.238 e. The second kappa shape index (κ2) is 10.5. The van der Waals surface area contributed by atoms with E-state index in [9.17, 15) is 0 Å². The monoisotopic (exact) mass is 614 g/mol. The van der Waals surface area contributed by atoms with Crippen LogP contribution in [0.15, 0.2) is 162 Å². The smallest absolute Gasteiger partial charge is 0.238 e. The van der Waals surface area contributed by atoms with E-state index in [2.05, 4.69) is 138 Å². The highest BCUT2D eigenvalue weighted by atomic mass is 16.3. The van der Waals surface area contributed by atoms with Crippen LogP contribution in [0.1, 0.15) is 0 Å². The predicted molar refractivity (Wildman–Crippen MR) is 195 cm³/mol. The Balaban J connectivity index is 1.26. The van der Waals surface area contributed by atoms with Crippen molar-refractivity contribution in [3.05, 3.63) is 158 Å². The third kappa shape index (κ3) is 4.08. The lowest BCUT2D eigenvalue weighted by molar-refractivity contribution is 0.672. The van der Waals surface area contributed by atoms with E-state index in [1.54, 1.807) is 0 Å². The molecule has 0 spiro atoms. The van der Waals surface area contributed by atoms with Crippen molar-refractivity contribution >= 4 is 54.5 Å². The number of para-hydroxylation sites is 3. The first-order chi connectivity index (χ1) is 23.8. The summed E-state index contributed by atoms with van der Waals surface area (Å²) in [5.41, 5.74) is 7.90. The second-order valence-electron chi connectivity index (χ2n) is 12.0. The minimum atomic E-state index is 0.569. The van der Waals surface area contributed by atoms with Crippen molar-refractivity contribution in [1.29, 1.82) is 0 Å². The Bertz CT molecular complexity index is 2800. The minimum Gasteiger partial charge on any atom is -0.455 e. The van der Waals surface area contributed by atoms with Gasteiger partial charge in [-0.1, -0.05) is 127 Å². The number of fused-ring (bicyclic) bond motifs is 8. The minimum absolute atomic E-state index is 0.569. The third-order valence-corrected chi connectivity index (χ3v) is 9.27. The molecule has 0 radical (unpaired) electrons. The molecule has 0 aliphatic rings. The van der Waals surface area contributed by atoms with Gasteiger partial charge < -0.3 is 4.42 Å². The molecule has 0 atom stereocenters. The Kier molecular flexibility index (Phi) is 5.81. The highest BCUT2D eigenvalue weighted by Gasteiger charge is 2.20. The van der Waals surface area contributed by atoms with Crippen molar-refractivity contribution in [2.45, 2.75) is 0 Å². The van der Waals surface area contributed by atoms with E-state index in [0.717, 1.165) is 76.8 Å². The molecule has 0 amide bonds. The lowest BCUT2D eigenvalue weighted by atomic mass is 10.0. The van der Waals surface area contributed by atoms with Gasteiger partial charge in [-0.2, -0.15) is 9.97 Å². The summed E-state index contributed by atoms with van der Waals surface area (Å²) in [6.45, 7) is 0. The van der Waals surface area contributed by atoms with Gasteiger partial charge in [-0.3, -0.25) is 4.57 Å². The Morgan fingerprint density at radius 1 is 0.396 bits per heavy atom. The number of furan rings is 1. The van der Waals surface area contributed by atoms with Crippen LogP contribution in [-0.4, -0.2) is 19.5 Å². The number of rotatable bonds is 4. The van der Waals surface area contributed by atoms with Crippen molar-refractivity contribution in [3.8, 4) is 39.9 Å². The van der Waals surface area contributed by atoms with E-state index >= 15 is 0 Å². The van der Waals surface area contributed by atoms with Gasteiger partial charge in [0.15, 0.2) is 11.6 Å². The number of aromatic nitrogens is 4. The normalized spacial score (nSPS) is 11.8. The summed E-state index contributed by atoms with van der Waals surface area (Å²) < 4.78 is 8.58. The Hall–Kier alpha value is -6.59. The number of hydrogen-bond donors (Lipinski definition) is 0. The molecule has 5 heteroatoms. The first-order valence-corrected chi connectivity index (χ1v) is 16.0. The van der Waals surface area contributed by atoms with E-state index in [1.165, 1.54) is 0 Å². The summed E-state index contributed by atoms with van der Waals surface area (Å²) in [6.07, 6.45) is 0. The van der Waals surface area contributed by atoms with Crippen LogP contribution in [0.25, 0.3) is 94.4 Å². The molecular weight excluding hydrogens is 589 g/mol. The maximum atomic E-state index is 6.43. The van der Waals surface area contributed by atoms with E-state index in [1.807, 2.05) is 24.3 Å². The van der Waals surface area contributed by atoms with Crippen LogP contribution in [0.2, 0.25) is 0 Å². The number of nitrogens with zero attached hydrogens (tertiary/aromatic N) is 4. The van der Waals surface area contributed by atoms with Gasteiger partial charge in [0.1, 0.15) is 11.2 Å². The molecule has 5 nitrogen and oxygen atoms in total. The molecule has 10 aromatic rings. The van der Waals surface area contributed by atoms with E-state index < -0.39 is 0 Å². The first kappa shape index (κ1) is 26.6. The van der Waals surface area contributed by atoms with Gasteiger partial charge >= 0.3 is 0 Å². The van der Waals surface area contributed by atoms with Crippen LogP contribution in [0.4, 0.5) is 0 Å². The first-order valence-electron chi connectivity index (χ1n) is 16.0. The Labute approximate surface area is 275 Å². The lowest BCUT2D eigenvalue weighted by Crippen LogP contribution is -2.06. The van der Waals surface area contributed by atoms with Crippen LogP contribution >= 0.6 is 0 Å². The zero-order chi connectivity index (χ0) is 31.6. The van der Waals surface area contributed by atoms with Gasteiger partial charge in [0.2, 0.25) is 5.95 Å². The number of hydrogen-bond acceptors (Lipinski definition) is 4. The highest BCUT2D eigenvalue weighted by molar-refractivity contribution is 6.17. The quantitative estimate of drug-likeness (QED) is 0.198. The largest absolute Gasteiger partial charge is 0.455 e. The van der Waals surface area contributed by atoms with Crippen LogP contribution in [0.5, 0.6) is 0 Å². The van der Waals surface area contributed by atoms with Gasteiger partial charge in [-0.15, -0.1) is 0 Å². The standard InChI is InChI=1S/C43H26N4O/c1-2-12-27(13-3-1)28-14-10-15-29(26-28)41-44-42(46-43(45-41)47-37-21-7-4-16-31(37)32-17-5-8-22-38(32)47)36-20-11-19-34-30(36)24-25-35-33-18-6-9-23-39(33)48-40(34)35/h1-26H. The van der Waals surface area contributed by atoms with Crippen LogP contribution in [0, 0.1) is 0 Å². The molecule has 0 fully saturated rings. The maximum absolute atomic E-state index is 6.43. The molecule has 0 aliphatic carbocycles. The van der Waals surface area contributed by atoms with Gasteiger partial charge in [-0.25, -0.2) is 4.98 Å². The summed E-state index contributed by atoms with van der Waals surface area (Å²) in [5, 5.41) is 6.55. The molecule has 0 unspecified atom stereocenters. The molecular formula is C43H26N4O. The Morgan fingerprint density at radius 2 is 0.979 bits per heavy atom. The highest BCUT2D eigenvalue weighted by Crippen LogP contribution is 2.38. The summed E-state index contributed by atoms with van der Waals surface area (Å²) in [6, 6.07) is 54.4. The predicted octanol–water partition coefficient (Wildman–Crippen LogP) is 11.0. The Morgan fingerprint density at radius 3 is 1.79 bits per heavy atom. The average Bonchev–Trinajstić information content (AvgIpc) is 3.71. The fourth-order valence-electron chi connectivity index (χ4n) is 7.06. The zero-order valence-electron chi connectivity index (χ0n) is 25.7. The van der Waals surface area contributed by atoms with Crippen molar-refractivity contribution in [2.24, 2.45) is 0 Å². The van der Waals surface area contributed by atoms with Gasteiger partial charge in [0, 0.05) is 38.1 Å². The third-order valence-electron chi connectivity index (χ3n) is 9.27. The topological polar surface area (TPSA) is 56.7 Å². The average molecular weight is 615 g/mol. The molecule has 0 aliphatic heterocycles. The molecule has 224 valence electrons. The summed E-state index contributed by atoms with van der Waals surface area (Å²) in [4.78, 5) is 15.6. The van der Waals surface area contributed by atoms with E-state index in [-0.39, 0.29) is 0 Å². The molecule has 0 N–H and O–H groups in total. The van der Waals surface area contributed by atoms with E-state index in [4.69, 9.17) is 19.4 Å². The van der Waals surface area contributed by atoms with Crippen molar-refractivity contribution in [1.82, 2.24) is 19.5 Å². The molecule has 0 saturated heterocycles. The summed E-state index contributed by atoms with van der Waals surface area (Å²) in [7, 11) is 0. The molecule has 48 heavy (non-hydrogen) atoms. The fourth-order valence-corrected chi connectivity index (χ4v) is 7.06. The van der Waals surface area contributed by atoms with Crippen LogP contribution in [0.3, 0.4) is 0 Å². The van der Waals surface area contributed by atoms with Gasteiger partial charge in [0.25, 0.3) is 0 Å². The summed E-state index contributed by atoms with van der Waals surface area (Å²) in [5.74, 6) is 1.78. The molecule has 3 heterocycles. The number of benzene rings is 7. The molecule has 3 aromatic heterocycles. The van der Waals surface area contributed by atoms with Gasteiger partial charge in [0.05, 0.1) is 11.0 Å². The fraction of sp³-hybridized carbons (Fsp3) is 0. The van der Waals surface area contributed by atoms with Crippen molar-refractivity contribution in [3.63, 3.8) is 0 Å². The lowest BCUT2D eigenvalue weighted by Gasteiger charge is -2.13. The second-order valence-corrected chi connectivity index (χ2v) is 12.0. The van der Waals surface area contributed by atoms with Crippen LogP contribution < -0.4 is 0 Å². The molecule has 0 saturated carbocycles. The summed E-state index contributed by atoms with van der Waals surface area (Å²) >= 11 is 0.